The lowest BCUT2D eigenvalue weighted by molar-refractivity contribution is 0.159. The highest BCUT2D eigenvalue weighted by atomic mass is 15.2. The molecule has 4 nitrogen and oxygen atoms in total. The Labute approximate surface area is 141 Å². The summed E-state index contributed by atoms with van der Waals surface area (Å²) in [5.74, 6) is 0.887. The smallest absolute Gasteiger partial charge is 0.191 e. The van der Waals surface area contributed by atoms with Crippen molar-refractivity contribution in [1.29, 1.82) is 0 Å². The Bertz CT molecular complexity index is 498. The highest BCUT2D eigenvalue weighted by Gasteiger charge is 2.16. The molecule has 0 saturated carbocycles. The Morgan fingerprint density at radius 2 is 2.17 bits per heavy atom. The highest BCUT2D eigenvalue weighted by molar-refractivity contribution is 5.79. The molecule has 2 rings (SSSR count). The second-order valence-electron chi connectivity index (χ2n) is 6.58. The molecule has 1 unspecified atom stereocenters. The normalized spacial score (nSPS) is 19.6. The van der Waals surface area contributed by atoms with E-state index in [1.165, 1.54) is 43.5 Å². The van der Waals surface area contributed by atoms with E-state index in [4.69, 9.17) is 0 Å². The summed E-state index contributed by atoms with van der Waals surface area (Å²) in [6.07, 6.45) is 5.27. The first kappa shape index (κ1) is 17.8. The zero-order valence-corrected chi connectivity index (χ0v) is 14.9. The summed E-state index contributed by atoms with van der Waals surface area (Å²) in [6, 6.07) is 9.33. The number of hydrogen-bond acceptors (Lipinski definition) is 2. The molecule has 0 aliphatic carbocycles. The molecule has 1 aliphatic heterocycles. The van der Waals surface area contributed by atoms with Crippen molar-refractivity contribution in [2.75, 3.05) is 26.7 Å². The third-order valence-electron chi connectivity index (χ3n) is 4.62. The lowest BCUT2D eigenvalue weighted by Crippen LogP contribution is -2.41. The van der Waals surface area contributed by atoms with Crippen molar-refractivity contribution in [2.45, 2.75) is 52.1 Å². The van der Waals surface area contributed by atoms with Gasteiger partial charge in [0.2, 0.25) is 0 Å². The Kier molecular flexibility index (Phi) is 7.40. The van der Waals surface area contributed by atoms with Crippen LogP contribution in [-0.2, 0) is 6.54 Å². The molecule has 1 fully saturated rings. The van der Waals surface area contributed by atoms with Crippen LogP contribution in [0.2, 0.25) is 0 Å². The summed E-state index contributed by atoms with van der Waals surface area (Å²) in [4.78, 5) is 6.92. The second kappa shape index (κ2) is 9.56. The summed E-state index contributed by atoms with van der Waals surface area (Å²) in [5.41, 5.74) is 2.58. The van der Waals surface area contributed by atoms with Gasteiger partial charge in [0, 0.05) is 32.7 Å². The number of aryl methyl sites for hydroxylation is 1. The van der Waals surface area contributed by atoms with E-state index in [9.17, 15) is 0 Å². The number of aliphatic imine (C=N–C) groups is 1. The van der Waals surface area contributed by atoms with Gasteiger partial charge in [-0.2, -0.15) is 0 Å². The first-order chi connectivity index (χ1) is 11.2. The van der Waals surface area contributed by atoms with Crippen LogP contribution in [0.15, 0.2) is 29.3 Å². The number of likely N-dealkylation sites (tertiary alicyclic amines) is 1. The van der Waals surface area contributed by atoms with Crippen molar-refractivity contribution in [1.82, 2.24) is 15.5 Å². The van der Waals surface area contributed by atoms with Crippen molar-refractivity contribution in [2.24, 2.45) is 4.99 Å². The van der Waals surface area contributed by atoms with E-state index >= 15 is 0 Å². The molecule has 0 bridgehead atoms. The first-order valence-corrected chi connectivity index (χ1v) is 8.93. The Morgan fingerprint density at radius 3 is 2.91 bits per heavy atom. The van der Waals surface area contributed by atoms with Gasteiger partial charge < -0.3 is 15.5 Å². The maximum atomic E-state index is 4.31. The molecule has 1 heterocycles. The molecule has 2 N–H and O–H groups in total. The van der Waals surface area contributed by atoms with Gasteiger partial charge in [-0.25, -0.2) is 0 Å². The number of nitrogens with one attached hydrogen (secondary N) is 2. The van der Waals surface area contributed by atoms with Crippen molar-refractivity contribution >= 4 is 5.96 Å². The number of hydrogen-bond donors (Lipinski definition) is 2. The fraction of sp³-hybridized carbons (Fsp3) is 0.632. The van der Waals surface area contributed by atoms with Crippen LogP contribution in [-0.4, -0.2) is 43.6 Å². The van der Waals surface area contributed by atoms with E-state index < -0.39 is 0 Å². The van der Waals surface area contributed by atoms with E-state index in [1.807, 2.05) is 7.05 Å². The molecule has 0 radical (unpaired) electrons. The molecule has 1 aliphatic rings. The van der Waals surface area contributed by atoms with Crippen LogP contribution < -0.4 is 10.6 Å². The van der Waals surface area contributed by atoms with Gasteiger partial charge in [-0.1, -0.05) is 36.2 Å². The highest BCUT2D eigenvalue weighted by Crippen LogP contribution is 2.15. The minimum atomic E-state index is 0.752. The van der Waals surface area contributed by atoms with E-state index in [1.54, 1.807) is 0 Å². The summed E-state index contributed by atoms with van der Waals surface area (Å²) in [5, 5.41) is 6.81. The zero-order chi connectivity index (χ0) is 16.5. The first-order valence-electron chi connectivity index (χ1n) is 8.93. The number of piperidine rings is 1. The lowest BCUT2D eigenvalue weighted by atomic mass is 10.0. The topological polar surface area (TPSA) is 39.7 Å². The minimum Gasteiger partial charge on any atom is -0.356 e. The molecule has 0 spiro atoms. The van der Waals surface area contributed by atoms with Gasteiger partial charge in [0.15, 0.2) is 5.96 Å². The Balaban J connectivity index is 1.65. The van der Waals surface area contributed by atoms with Crippen LogP contribution in [0.4, 0.5) is 0 Å². The summed E-state index contributed by atoms with van der Waals surface area (Å²) < 4.78 is 0. The molecule has 1 aromatic rings. The maximum Gasteiger partial charge on any atom is 0.191 e. The van der Waals surface area contributed by atoms with Gasteiger partial charge in [0.1, 0.15) is 0 Å². The predicted molar refractivity (Wildman–Crippen MR) is 98.9 cm³/mol. The Morgan fingerprint density at radius 1 is 1.30 bits per heavy atom. The largest absolute Gasteiger partial charge is 0.356 e. The molecular weight excluding hydrogens is 284 g/mol. The maximum absolute atomic E-state index is 4.31. The fourth-order valence-corrected chi connectivity index (χ4v) is 3.21. The molecule has 128 valence electrons. The van der Waals surface area contributed by atoms with E-state index in [0.29, 0.717) is 0 Å². The molecule has 4 heteroatoms. The molecule has 1 saturated heterocycles. The predicted octanol–water partition coefficient (Wildman–Crippen LogP) is 2.92. The molecule has 1 atom stereocenters. The van der Waals surface area contributed by atoms with Crippen LogP contribution in [0, 0.1) is 6.92 Å². The van der Waals surface area contributed by atoms with Gasteiger partial charge >= 0.3 is 0 Å². The summed E-state index contributed by atoms with van der Waals surface area (Å²) >= 11 is 0. The van der Waals surface area contributed by atoms with Crippen LogP contribution in [0.5, 0.6) is 0 Å². The third-order valence-corrected chi connectivity index (χ3v) is 4.62. The minimum absolute atomic E-state index is 0.752. The number of guanidine groups is 1. The van der Waals surface area contributed by atoms with E-state index in [-0.39, 0.29) is 0 Å². The zero-order valence-electron chi connectivity index (χ0n) is 14.9. The van der Waals surface area contributed by atoms with Gasteiger partial charge in [-0.15, -0.1) is 0 Å². The third kappa shape index (κ3) is 6.22. The van der Waals surface area contributed by atoms with E-state index in [2.05, 4.69) is 58.6 Å². The quantitative estimate of drug-likeness (QED) is 0.481. The van der Waals surface area contributed by atoms with Crippen LogP contribution >= 0.6 is 0 Å². The Hall–Kier alpha value is -1.55. The van der Waals surface area contributed by atoms with Crippen LogP contribution in [0.1, 0.15) is 43.7 Å². The summed E-state index contributed by atoms with van der Waals surface area (Å²) in [6.45, 7) is 8.71. The summed E-state index contributed by atoms with van der Waals surface area (Å²) in [7, 11) is 1.83. The van der Waals surface area contributed by atoms with Crippen molar-refractivity contribution < 1.29 is 0 Å². The molecular formula is C19H32N4. The number of rotatable bonds is 6. The average molecular weight is 316 g/mol. The van der Waals surface area contributed by atoms with Crippen LogP contribution in [0.3, 0.4) is 0 Å². The number of benzene rings is 1. The van der Waals surface area contributed by atoms with Crippen molar-refractivity contribution in [3.05, 3.63) is 35.4 Å². The van der Waals surface area contributed by atoms with Crippen molar-refractivity contribution in [3.63, 3.8) is 0 Å². The molecule has 1 aromatic carbocycles. The van der Waals surface area contributed by atoms with Gasteiger partial charge in [0.05, 0.1) is 0 Å². The van der Waals surface area contributed by atoms with Gasteiger partial charge in [-0.3, -0.25) is 4.99 Å². The monoisotopic (exact) mass is 316 g/mol. The fourth-order valence-electron chi connectivity index (χ4n) is 3.21. The lowest BCUT2D eigenvalue weighted by Gasteiger charge is -2.33. The molecule has 0 amide bonds. The molecule has 0 aromatic heterocycles. The molecule has 23 heavy (non-hydrogen) atoms. The van der Waals surface area contributed by atoms with Crippen molar-refractivity contribution in [3.8, 4) is 0 Å². The average Bonchev–Trinajstić information content (AvgIpc) is 2.56. The van der Waals surface area contributed by atoms with Gasteiger partial charge in [0.25, 0.3) is 0 Å². The standard InChI is InChI=1S/C19H32N4/c1-16-8-6-10-18(14-16)15-22-19(20-3)21-11-7-13-23-12-5-4-9-17(23)2/h6,8,10,14,17H,4-5,7,9,11-13,15H2,1-3H3,(H2,20,21,22). The van der Waals surface area contributed by atoms with Crippen LogP contribution in [0.25, 0.3) is 0 Å². The SMILES string of the molecule is CN=C(NCCCN1CCCCC1C)NCc1cccc(C)c1. The van der Waals surface area contributed by atoms with E-state index in [0.717, 1.165) is 31.5 Å². The van der Waals surface area contributed by atoms with Gasteiger partial charge in [-0.05, 0) is 45.2 Å². The second-order valence-corrected chi connectivity index (χ2v) is 6.58. The number of nitrogens with zero attached hydrogens (tertiary/aromatic N) is 2.